The molecule has 1 aliphatic rings. The van der Waals surface area contributed by atoms with Gasteiger partial charge in [-0.1, -0.05) is 5.21 Å². The number of amides is 1. The maximum absolute atomic E-state index is 11.2. The number of aromatic amines is 1. The van der Waals surface area contributed by atoms with Crippen molar-refractivity contribution in [1.82, 2.24) is 20.6 Å². The van der Waals surface area contributed by atoms with Gasteiger partial charge in [0.1, 0.15) is 0 Å². The van der Waals surface area contributed by atoms with Crippen molar-refractivity contribution in [1.29, 1.82) is 0 Å². The molecule has 1 aromatic heterocycles. The molecule has 104 valence electrons. The zero-order valence-corrected chi connectivity index (χ0v) is 12.6. The molecule has 7 heteroatoms. The van der Waals surface area contributed by atoms with Crippen molar-refractivity contribution < 1.29 is 4.79 Å². The van der Waals surface area contributed by atoms with Crippen molar-refractivity contribution >= 4 is 27.5 Å². The maximum Gasteiger partial charge on any atom is 0.221 e. The molecule has 1 unspecified atom stereocenters. The van der Waals surface area contributed by atoms with E-state index in [0.29, 0.717) is 5.92 Å². The third kappa shape index (κ3) is 2.72. The average molecular weight is 336 g/mol. The van der Waals surface area contributed by atoms with Gasteiger partial charge in [0, 0.05) is 17.8 Å². The van der Waals surface area contributed by atoms with Crippen molar-refractivity contribution in [2.24, 2.45) is 5.92 Å². The van der Waals surface area contributed by atoms with Crippen LogP contribution in [0.2, 0.25) is 0 Å². The molecule has 2 N–H and O–H groups in total. The van der Waals surface area contributed by atoms with Crippen LogP contribution in [0.3, 0.4) is 0 Å². The molecule has 0 aliphatic heterocycles. The second-order valence-electron chi connectivity index (χ2n) is 5.09. The summed E-state index contributed by atoms with van der Waals surface area (Å²) in [6, 6.07) is 4.15. The number of hydrogen-bond donors (Lipinski definition) is 2. The summed E-state index contributed by atoms with van der Waals surface area (Å²) >= 11 is 3.50. The first-order chi connectivity index (χ1) is 9.61. The maximum atomic E-state index is 11.2. The minimum absolute atomic E-state index is 0.0630. The van der Waals surface area contributed by atoms with Crippen LogP contribution in [0, 0.1) is 5.92 Å². The molecule has 0 fully saturated rings. The number of hydrogen-bond acceptors (Lipinski definition) is 4. The van der Waals surface area contributed by atoms with Gasteiger partial charge in [-0.2, -0.15) is 5.21 Å². The second kappa shape index (κ2) is 5.32. The van der Waals surface area contributed by atoms with Gasteiger partial charge in [0.15, 0.2) is 5.82 Å². The standard InChI is InChI=1S/C13H14BrN5O/c1-7(20)15-12-6-10-3-8(2-9(10)5-11(12)14)4-13-16-18-19-17-13/h5-6,8H,2-4H2,1H3,(H,15,20)(H,16,17,18,19). The third-order valence-corrected chi connectivity index (χ3v) is 4.13. The van der Waals surface area contributed by atoms with E-state index in [-0.39, 0.29) is 5.91 Å². The Morgan fingerprint density at radius 3 is 2.85 bits per heavy atom. The van der Waals surface area contributed by atoms with Crippen molar-refractivity contribution in [2.75, 3.05) is 5.32 Å². The van der Waals surface area contributed by atoms with Gasteiger partial charge in [0.2, 0.25) is 5.91 Å². The van der Waals surface area contributed by atoms with Crippen LogP contribution in [0.15, 0.2) is 16.6 Å². The van der Waals surface area contributed by atoms with Gasteiger partial charge < -0.3 is 5.32 Å². The molecular formula is C13H14BrN5O. The molecule has 0 radical (unpaired) electrons. The zero-order valence-electron chi connectivity index (χ0n) is 11.0. The molecule has 2 aromatic rings. The quantitative estimate of drug-likeness (QED) is 0.896. The molecule has 1 aliphatic carbocycles. The molecule has 0 saturated heterocycles. The van der Waals surface area contributed by atoms with Gasteiger partial charge in [-0.3, -0.25) is 4.79 Å². The first kappa shape index (κ1) is 13.2. The van der Waals surface area contributed by atoms with Crippen LogP contribution >= 0.6 is 15.9 Å². The van der Waals surface area contributed by atoms with E-state index in [4.69, 9.17) is 0 Å². The molecule has 0 spiro atoms. The van der Waals surface area contributed by atoms with Crippen LogP contribution in [0.4, 0.5) is 5.69 Å². The number of carbonyl (C=O) groups is 1. The molecule has 1 heterocycles. The lowest BCUT2D eigenvalue weighted by Crippen LogP contribution is -2.07. The fraction of sp³-hybridized carbons (Fsp3) is 0.385. The summed E-state index contributed by atoms with van der Waals surface area (Å²) in [5.74, 6) is 1.18. The Labute approximate surface area is 124 Å². The van der Waals surface area contributed by atoms with Crippen molar-refractivity contribution in [3.63, 3.8) is 0 Å². The highest BCUT2D eigenvalue weighted by Crippen LogP contribution is 2.35. The lowest BCUT2D eigenvalue weighted by Gasteiger charge is -2.08. The number of carbonyl (C=O) groups excluding carboxylic acids is 1. The topological polar surface area (TPSA) is 83.6 Å². The Morgan fingerprint density at radius 2 is 2.20 bits per heavy atom. The average Bonchev–Trinajstić information content (AvgIpc) is 2.98. The fourth-order valence-electron chi connectivity index (χ4n) is 2.69. The Bertz CT molecular complexity index is 640. The number of fused-ring (bicyclic) bond motifs is 1. The number of rotatable bonds is 3. The van der Waals surface area contributed by atoms with E-state index in [1.807, 2.05) is 0 Å². The number of aromatic nitrogens is 4. The highest BCUT2D eigenvalue weighted by molar-refractivity contribution is 9.10. The van der Waals surface area contributed by atoms with Gasteiger partial charge in [0.25, 0.3) is 0 Å². The van der Waals surface area contributed by atoms with Crippen LogP contribution in [-0.4, -0.2) is 26.5 Å². The summed E-state index contributed by atoms with van der Waals surface area (Å²) in [6.45, 7) is 1.51. The first-order valence-electron chi connectivity index (χ1n) is 6.43. The third-order valence-electron chi connectivity index (χ3n) is 3.48. The molecule has 6 nitrogen and oxygen atoms in total. The Kier molecular flexibility index (Phi) is 3.52. The minimum atomic E-state index is -0.0630. The number of halogens is 1. The lowest BCUT2D eigenvalue weighted by atomic mass is 10.0. The molecule has 0 bridgehead atoms. The summed E-state index contributed by atoms with van der Waals surface area (Å²) in [4.78, 5) is 11.2. The fourth-order valence-corrected chi connectivity index (χ4v) is 3.18. The monoisotopic (exact) mass is 335 g/mol. The number of nitrogens with one attached hydrogen (secondary N) is 2. The largest absolute Gasteiger partial charge is 0.325 e. The van der Waals surface area contributed by atoms with Gasteiger partial charge in [-0.25, -0.2) is 0 Å². The zero-order chi connectivity index (χ0) is 14.1. The number of tetrazole rings is 1. The van der Waals surface area contributed by atoms with E-state index in [1.54, 1.807) is 0 Å². The normalized spacial score (nSPS) is 17.0. The summed E-state index contributed by atoms with van der Waals surface area (Å²) in [7, 11) is 0. The molecule has 3 rings (SSSR count). The lowest BCUT2D eigenvalue weighted by molar-refractivity contribution is -0.114. The van der Waals surface area contributed by atoms with Crippen LogP contribution in [-0.2, 0) is 24.1 Å². The number of nitrogens with zero attached hydrogens (tertiary/aromatic N) is 3. The van der Waals surface area contributed by atoms with E-state index in [1.165, 1.54) is 18.1 Å². The predicted molar refractivity (Wildman–Crippen MR) is 77.2 cm³/mol. The van der Waals surface area contributed by atoms with E-state index in [2.05, 4.69) is 54.0 Å². The van der Waals surface area contributed by atoms with Crippen molar-refractivity contribution in [2.45, 2.75) is 26.2 Å². The van der Waals surface area contributed by atoms with Gasteiger partial charge in [-0.15, -0.1) is 10.2 Å². The number of anilines is 1. The molecule has 20 heavy (non-hydrogen) atoms. The Morgan fingerprint density at radius 1 is 1.45 bits per heavy atom. The molecule has 0 saturated carbocycles. The first-order valence-corrected chi connectivity index (χ1v) is 7.22. The van der Waals surface area contributed by atoms with Crippen molar-refractivity contribution in [3.8, 4) is 0 Å². The summed E-state index contributed by atoms with van der Waals surface area (Å²) in [6.07, 6.45) is 2.80. The summed E-state index contributed by atoms with van der Waals surface area (Å²) < 4.78 is 0.923. The number of H-pyrrole nitrogens is 1. The molecular weight excluding hydrogens is 322 g/mol. The van der Waals surface area contributed by atoms with Gasteiger partial charge in [0.05, 0.1) is 5.69 Å². The summed E-state index contributed by atoms with van der Waals surface area (Å²) in [5, 5.41) is 16.9. The van der Waals surface area contributed by atoms with Crippen molar-refractivity contribution in [3.05, 3.63) is 33.6 Å². The summed E-state index contributed by atoms with van der Waals surface area (Å²) in [5.41, 5.74) is 3.43. The number of benzene rings is 1. The van der Waals surface area contributed by atoms with E-state index < -0.39 is 0 Å². The molecule has 1 amide bonds. The Balaban J connectivity index is 1.77. The van der Waals surface area contributed by atoms with E-state index in [9.17, 15) is 4.79 Å². The smallest absolute Gasteiger partial charge is 0.221 e. The van der Waals surface area contributed by atoms with Crippen LogP contribution < -0.4 is 5.32 Å². The highest BCUT2D eigenvalue weighted by Gasteiger charge is 2.24. The minimum Gasteiger partial charge on any atom is -0.325 e. The molecule has 1 atom stereocenters. The predicted octanol–water partition coefficient (Wildman–Crippen LogP) is 1.88. The van der Waals surface area contributed by atoms with Crippen LogP contribution in [0.25, 0.3) is 0 Å². The molecule has 1 aromatic carbocycles. The van der Waals surface area contributed by atoms with E-state index >= 15 is 0 Å². The Hall–Kier alpha value is -1.76. The van der Waals surface area contributed by atoms with Gasteiger partial charge >= 0.3 is 0 Å². The SMILES string of the molecule is CC(=O)Nc1cc2c(cc1Br)CC(Cc1nn[nH]n1)C2. The highest BCUT2D eigenvalue weighted by atomic mass is 79.9. The van der Waals surface area contributed by atoms with Gasteiger partial charge in [-0.05, 0) is 57.9 Å². The van der Waals surface area contributed by atoms with Crippen LogP contribution in [0.5, 0.6) is 0 Å². The second-order valence-corrected chi connectivity index (χ2v) is 5.94. The van der Waals surface area contributed by atoms with Crippen LogP contribution in [0.1, 0.15) is 23.9 Å². The van der Waals surface area contributed by atoms with E-state index in [0.717, 1.165) is 35.2 Å².